The summed E-state index contributed by atoms with van der Waals surface area (Å²) in [6.07, 6.45) is 3.92. The SMILES string of the molecule is Cc1oc(C)c(C(=O)[C@H](N)CCCCN)c1[C]=O. The monoisotopic (exact) mass is 251 g/mol. The Morgan fingerprint density at radius 1 is 1.33 bits per heavy atom. The zero-order chi connectivity index (χ0) is 13.7. The van der Waals surface area contributed by atoms with Crippen LogP contribution in [-0.2, 0) is 4.79 Å². The molecule has 1 heterocycles. The lowest BCUT2D eigenvalue weighted by atomic mass is 9.97. The Balaban J connectivity index is 2.86. The van der Waals surface area contributed by atoms with Crippen molar-refractivity contribution in [3.63, 3.8) is 0 Å². The summed E-state index contributed by atoms with van der Waals surface area (Å²) in [7, 11) is 0. The number of ketones is 1. The summed E-state index contributed by atoms with van der Waals surface area (Å²) in [6, 6.07) is -0.626. The van der Waals surface area contributed by atoms with Crippen molar-refractivity contribution in [2.45, 2.75) is 39.2 Å². The first-order valence-corrected chi connectivity index (χ1v) is 6.01. The Labute approximate surface area is 107 Å². The molecule has 1 atom stereocenters. The van der Waals surface area contributed by atoms with Crippen LogP contribution in [0.2, 0.25) is 0 Å². The zero-order valence-electron chi connectivity index (χ0n) is 10.8. The second kappa shape index (κ2) is 6.47. The largest absolute Gasteiger partial charge is 0.465 e. The topological polar surface area (TPSA) is 99.3 Å². The van der Waals surface area contributed by atoms with Crippen LogP contribution >= 0.6 is 0 Å². The number of furan rings is 1. The van der Waals surface area contributed by atoms with E-state index in [4.69, 9.17) is 15.9 Å². The van der Waals surface area contributed by atoms with E-state index in [-0.39, 0.29) is 16.9 Å². The van der Waals surface area contributed by atoms with Gasteiger partial charge in [0, 0.05) is 0 Å². The molecule has 1 aromatic rings. The molecular formula is C13H19N2O3. The second-order valence-corrected chi connectivity index (χ2v) is 4.32. The third-order valence-corrected chi connectivity index (χ3v) is 2.91. The van der Waals surface area contributed by atoms with Crippen LogP contribution in [0.3, 0.4) is 0 Å². The first-order valence-electron chi connectivity index (χ1n) is 6.01. The number of aryl methyl sites for hydroxylation is 2. The molecule has 5 heteroatoms. The van der Waals surface area contributed by atoms with E-state index in [0.29, 0.717) is 24.5 Å². The minimum atomic E-state index is -0.626. The Morgan fingerprint density at radius 2 is 2.00 bits per heavy atom. The average molecular weight is 251 g/mol. The van der Waals surface area contributed by atoms with Crippen LogP contribution in [-0.4, -0.2) is 24.7 Å². The molecule has 0 bridgehead atoms. The second-order valence-electron chi connectivity index (χ2n) is 4.32. The lowest BCUT2D eigenvalue weighted by Crippen LogP contribution is -2.31. The summed E-state index contributed by atoms with van der Waals surface area (Å²) in [5.74, 6) is 0.560. The first-order chi connectivity index (χ1) is 8.52. The average Bonchev–Trinajstić information content (AvgIpc) is 2.62. The number of hydrogen-bond donors (Lipinski definition) is 2. The Bertz CT molecular complexity index is 438. The van der Waals surface area contributed by atoms with Gasteiger partial charge in [-0.2, -0.15) is 0 Å². The summed E-state index contributed by atoms with van der Waals surface area (Å²) >= 11 is 0. The number of hydrogen-bond acceptors (Lipinski definition) is 5. The molecule has 1 rings (SSSR count). The van der Waals surface area contributed by atoms with Crippen molar-refractivity contribution in [2.24, 2.45) is 11.5 Å². The van der Waals surface area contributed by atoms with Gasteiger partial charge in [-0.05, 0) is 33.2 Å². The van der Waals surface area contributed by atoms with E-state index >= 15 is 0 Å². The molecular weight excluding hydrogens is 232 g/mol. The standard InChI is InChI=1S/C13H19N2O3/c1-8-10(7-16)12(9(2)18-8)13(17)11(15)5-3-4-6-14/h11H,3-6,14-15H2,1-2H3/t11-/m1/s1. The van der Waals surface area contributed by atoms with Crippen molar-refractivity contribution in [1.29, 1.82) is 0 Å². The van der Waals surface area contributed by atoms with Gasteiger partial charge in [0.2, 0.25) is 6.29 Å². The molecule has 99 valence electrons. The van der Waals surface area contributed by atoms with Gasteiger partial charge in [0.25, 0.3) is 0 Å². The fourth-order valence-corrected chi connectivity index (χ4v) is 1.93. The predicted octanol–water partition coefficient (Wildman–Crippen LogP) is 0.993. The molecule has 0 amide bonds. The minimum absolute atomic E-state index is 0.187. The van der Waals surface area contributed by atoms with E-state index in [1.165, 1.54) is 0 Å². The number of carbonyl (C=O) groups excluding carboxylic acids is 2. The molecule has 4 N–H and O–H groups in total. The normalized spacial score (nSPS) is 12.4. The Hall–Kier alpha value is -1.46. The summed E-state index contributed by atoms with van der Waals surface area (Å²) in [5.41, 5.74) is 11.7. The van der Waals surface area contributed by atoms with Crippen molar-refractivity contribution in [2.75, 3.05) is 6.54 Å². The molecule has 0 aliphatic carbocycles. The smallest absolute Gasteiger partial charge is 0.237 e. The van der Waals surface area contributed by atoms with Gasteiger partial charge in [0.1, 0.15) is 11.5 Å². The molecule has 0 saturated carbocycles. The van der Waals surface area contributed by atoms with Gasteiger partial charge in [-0.15, -0.1) is 0 Å². The highest BCUT2D eigenvalue weighted by atomic mass is 16.3. The third kappa shape index (κ3) is 3.05. The van der Waals surface area contributed by atoms with Crippen LogP contribution in [0, 0.1) is 13.8 Å². The molecule has 0 fully saturated rings. The summed E-state index contributed by atoms with van der Waals surface area (Å²) in [6.45, 7) is 3.86. The van der Waals surface area contributed by atoms with Crippen LogP contribution in [0.4, 0.5) is 0 Å². The van der Waals surface area contributed by atoms with Crippen molar-refractivity contribution in [3.8, 4) is 0 Å². The van der Waals surface area contributed by atoms with Crippen LogP contribution in [0.15, 0.2) is 4.42 Å². The van der Waals surface area contributed by atoms with E-state index in [1.54, 1.807) is 20.1 Å². The van der Waals surface area contributed by atoms with Crippen molar-refractivity contribution in [1.82, 2.24) is 0 Å². The number of nitrogens with two attached hydrogens (primary N) is 2. The van der Waals surface area contributed by atoms with Gasteiger partial charge in [-0.25, -0.2) is 0 Å². The number of rotatable bonds is 7. The molecule has 0 aliphatic heterocycles. The van der Waals surface area contributed by atoms with Crippen LogP contribution in [0.1, 0.15) is 46.7 Å². The van der Waals surface area contributed by atoms with E-state index in [0.717, 1.165) is 12.8 Å². The Kier molecular flexibility index (Phi) is 5.25. The molecule has 0 unspecified atom stereocenters. The zero-order valence-corrected chi connectivity index (χ0v) is 10.8. The van der Waals surface area contributed by atoms with Gasteiger partial charge in [0.05, 0.1) is 17.2 Å². The summed E-state index contributed by atoms with van der Waals surface area (Å²) in [5, 5.41) is 0. The van der Waals surface area contributed by atoms with Crippen LogP contribution in [0.25, 0.3) is 0 Å². The van der Waals surface area contributed by atoms with E-state index in [9.17, 15) is 9.59 Å². The molecule has 1 radical (unpaired) electrons. The van der Waals surface area contributed by atoms with Crippen LogP contribution < -0.4 is 11.5 Å². The van der Waals surface area contributed by atoms with Gasteiger partial charge >= 0.3 is 0 Å². The maximum Gasteiger partial charge on any atom is 0.237 e. The third-order valence-electron chi connectivity index (χ3n) is 2.91. The van der Waals surface area contributed by atoms with E-state index in [1.807, 2.05) is 0 Å². The lowest BCUT2D eigenvalue weighted by Gasteiger charge is -2.09. The minimum Gasteiger partial charge on any atom is -0.465 e. The molecule has 18 heavy (non-hydrogen) atoms. The highest BCUT2D eigenvalue weighted by Crippen LogP contribution is 2.22. The molecule has 5 nitrogen and oxygen atoms in total. The number of carbonyl (C=O) groups is 1. The predicted molar refractivity (Wildman–Crippen MR) is 68.2 cm³/mol. The molecule has 0 aliphatic rings. The molecule has 0 saturated heterocycles. The molecule has 0 spiro atoms. The number of unbranched alkanes of at least 4 members (excludes halogenated alkanes) is 1. The van der Waals surface area contributed by atoms with E-state index in [2.05, 4.69) is 0 Å². The summed E-state index contributed by atoms with van der Waals surface area (Å²) < 4.78 is 5.27. The summed E-state index contributed by atoms with van der Waals surface area (Å²) in [4.78, 5) is 23.0. The highest BCUT2D eigenvalue weighted by molar-refractivity contribution is 6.06. The fraction of sp³-hybridized carbons (Fsp3) is 0.538. The first kappa shape index (κ1) is 14.6. The Morgan fingerprint density at radius 3 is 2.56 bits per heavy atom. The van der Waals surface area contributed by atoms with Crippen molar-refractivity contribution < 1.29 is 14.0 Å². The fourth-order valence-electron chi connectivity index (χ4n) is 1.93. The number of Topliss-reactive ketones (excluding diaryl/α,β-unsaturated/α-hetero) is 1. The molecule has 1 aromatic heterocycles. The quantitative estimate of drug-likeness (QED) is 0.556. The van der Waals surface area contributed by atoms with E-state index < -0.39 is 6.04 Å². The molecule has 0 aromatic carbocycles. The highest BCUT2D eigenvalue weighted by Gasteiger charge is 2.25. The van der Waals surface area contributed by atoms with Crippen molar-refractivity contribution >= 4 is 12.1 Å². The van der Waals surface area contributed by atoms with Gasteiger partial charge in [-0.1, -0.05) is 6.42 Å². The van der Waals surface area contributed by atoms with Gasteiger partial charge in [-0.3, -0.25) is 9.59 Å². The maximum atomic E-state index is 12.2. The van der Waals surface area contributed by atoms with Crippen LogP contribution in [0.5, 0.6) is 0 Å². The lowest BCUT2D eigenvalue weighted by molar-refractivity contribution is 0.0954. The van der Waals surface area contributed by atoms with Gasteiger partial charge < -0.3 is 15.9 Å². The maximum absolute atomic E-state index is 12.2. The van der Waals surface area contributed by atoms with Crippen molar-refractivity contribution in [3.05, 3.63) is 22.6 Å². The van der Waals surface area contributed by atoms with Gasteiger partial charge in [0.15, 0.2) is 5.78 Å².